The second-order valence-corrected chi connectivity index (χ2v) is 4.16. The number of aromatic amines is 1. The molecular formula is C14H10FN3O. The van der Waals surface area contributed by atoms with E-state index in [2.05, 4.69) is 9.97 Å². The first-order chi connectivity index (χ1) is 9.15. The van der Waals surface area contributed by atoms with Crippen LogP contribution in [0.15, 0.2) is 47.3 Å². The molecule has 0 aliphatic carbocycles. The van der Waals surface area contributed by atoms with Crippen molar-refractivity contribution in [2.45, 2.75) is 0 Å². The third kappa shape index (κ3) is 1.95. The summed E-state index contributed by atoms with van der Waals surface area (Å²) in [7, 11) is 0. The lowest BCUT2D eigenvalue weighted by atomic mass is 10.0. The number of benzene rings is 2. The Bertz CT molecular complexity index is 826. The van der Waals surface area contributed by atoms with Gasteiger partial charge in [-0.25, -0.2) is 9.37 Å². The van der Waals surface area contributed by atoms with Crippen molar-refractivity contribution in [3.8, 4) is 11.4 Å². The number of hydrogen-bond donors (Lipinski definition) is 2. The fraction of sp³-hybridized carbons (Fsp3) is 0. The van der Waals surface area contributed by atoms with Gasteiger partial charge in [0.05, 0.1) is 0 Å². The zero-order valence-corrected chi connectivity index (χ0v) is 9.85. The van der Waals surface area contributed by atoms with Crippen LogP contribution in [0.25, 0.3) is 22.2 Å². The summed E-state index contributed by atoms with van der Waals surface area (Å²) in [5.74, 6) is 0.152. The number of rotatable bonds is 1. The van der Waals surface area contributed by atoms with Crippen molar-refractivity contribution in [1.82, 2.24) is 9.97 Å². The van der Waals surface area contributed by atoms with Gasteiger partial charge in [0.2, 0.25) is 0 Å². The fourth-order valence-corrected chi connectivity index (χ4v) is 2.07. The van der Waals surface area contributed by atoms with Crippen LogP contribution < -0.4 is 11.3 Å². The van der Waals surface area contributed by atoms with Gasteiger partial charge in [-0.1, -0.05) is 24.3 Å². The van der Waals surface area contributed by atoms with Crippen LogP contribution in [-0.2, 0) is 0 Å². The molecule has 0 saturated heterocycles. The minimum atomic E-state index is -0.337. The lowest BCUT2D eigenvalue weighted by molar-refractivity contribution is 0.640. The van der Waals surface area contributed by atoms with Crippen LogP contribution in [0.5, 0.6) is 0 Å². The van der Waals surface area contributed by atoms with Crippen molar-refractivity contribution in [2.75, 3.05) is 5.73 Å². The Morgan fingerprint density at radius 2 is 1.84 bits per heavy atom. The number of nitrogens with zero attached hydrogens (tertiary/aromatic N) is 1. The summed E-state index contributed by atoms with van der Waals surface area (Å²) < 4.78 is 13.7. The first-order valence-electron chi connectivity index (χ1n) is 5.69. The van der Waals surface area contributed by atoms with E-state index in [4.69, 9.17) is 5.73 Å². The number of nitrogens with one attached hydrogen (secondary N) is 1. The van der Waals surface area contributed by atoms with Crippen molar-refractivity contribution in [3.63, 3.8) is 0 Å². The van der Waals surface area contributed by atoms with Crippen molar-refractivity contribution >= 4 is 16.6 Å². The Morgan fingerprint density at radius 3 is 2.58 bits per heavy atom. The van der Waals surface area contributed by atoms with Gasteiger partial charge in [0.15, 0.2) is 0 Å². The Hall–Kier alpha value is -2.69. The summed E-state index contributed by atoms with van der Waals surface area (Å²) in [4.78, 5) is 18.1. The van der Waals surface area contributed by atoms with Gasteiger partial charge in [-0.2, -0.15) is 0 Å². The SMILES string of the molecule is Nc1cc(=O)[nH]c(-c2ccc(F)c3ccccc23)n1. The van der Waals surface area contributed by atoms with Crippen LogP contribution in [0, 0.1) is 5.82 Å². The van der Waals surface area contributed by atoms with Gasteiger partial charge in [-0.05, 0) is 17.5 Å². The first-order valence-corrected chi connectivity index (χ1v) is 5.69. The van der Waals surface area contributed by atoms with Crippen LogP contribution in [0.3, 0.4) is 0 Å². The number of anilines is 1. The minimum Gasteiger partial charge on any atom is -0.383 e. The topological polar surface area (TPSA) is 71.8 Å². The molecule has 0 fully saturated rings. The molecule has 0 aliphatic rings. The highest BCUT2D eigenvalue weighted by molar-refractivity contribution is 5.95. The average Bonchev–Trinajstić information content (AvgIpc) is 2.38. The van der Waals surface area contributed by atoms with Crippen molar-refractivity contribution < 1.29 is 4.39 Å². The molecule has 0 aliphatic heterocycles. The molecule has 5 heteroatoms. The molecule has 1 heterocycles. The van der Waals surface area contributed by atoms with Crippen LogP contribution >= 0.6 is 0 Å². The maximum atomic E-state index is 13.7. The Kier molecular flexibility index (Phi) is 2.52. The van der Waals surface area contributed by atoms with E-state index in [0.29, 0.717) is 22.2 Å². The summed E-state index contributed by atoms with van der Waals surface area (Å²) in [6.07, 6.45) is 0. The van der Waals surface area contributed by atoms with Gasteiger partial charge in [-0.3, -0.25) is 4.79 Å². The largest absolute Gasteiger partial charge is 0.383 e. The van der Waals surface area contributed by atoms with Gasteiger partial charge >= 0.3 is 0 Å². The zero-order chi connectivity index (χ0) is 13.4. The van der Waals surface area contributed by atoms with Gasteiger partial charge in [-0.15, -0.1) is 0 Å². The number of nitrogen functional groups attached to an aromatic ring is 1. The quantitative estimate of drug-likeness (QED) is 0.700. The number of fused-ring (bicyclic) bond motifs is 1. The van der Waals surface area contributed by atoms with Gasteiger partial charge in [0, 0.05) is 17.0 Å². The predicted octanol–water partition coefficient (Wildman–Crippen LogP) is 2.31. The fourth-order valence-electron chi connectivity index (χ4n) is 2.07. The second kappa shape index (κ2) is 4.20. The summed E-state index contributed by atoms with van der Waals surface area (Å²) >= 11 is 0. The van der Waals surface area contributed by atoms with Crippen molar-refractivity contribution in [1.29, 1.82) is 0 Å². The maximum Gasteiger partial charge on any atom is 0.253 e. The molecule has 3 N–H and O–H groups in total. The molecule has 94 valence electrons. The van der Waals surface area contributed by atoms with E-state index in [1.807, 2.05) is 0 Å². The summed E-state index contributed by atoms with van der Waals surface area (Å²) in [6.45, 7) is 0. The van der Waals surface area contributed by atoms with E-state index >= 15 is 0 Å². The van der Waals surface area contributed by atoms with Crippen molar-refractivity contribution in [2.24, 2.45) is 0 Å². The van der Waals surface area contributed by atoms with Gasteiger partial charge in [0.1, 0.15) is 17.5 Å². The molecule has 0 bridgehead atoms. The number of halogens is 1. The monoisotopic (exact) mass is 255 g/mol. The second-order valence-electron chi connectivity index (χ2n) is 4.16. The third-order valence-electron chi connectivity index (χ3n) is 2.89. The molecule has 0 amide bonds. The van der Waals surface area contributed by atoms with E-state index in [9.17, 15) is 9.18 Å². The maximum absolute atomic E-state index is 13.7. The number of H-pyrrole nitrogens is 1. The van der Waals surface area contributed by atoms with E-state index in [1.165, 1.54) is 12.1 Å². The molecule has 3 rings (SSSR count). The standard InChI is InChI=1S/C14H10FN3O/c15-11-6-5-10(8-3-1-2-4-9(8)11)14-17-12(16)7-13(19)18-14/h1-7H,(H3,16,17,18,19). The first kappa shape index (κ1) is 11.4. The molecule has 1 aromatic heterocycles. The third-order valence-corrected chi connectivity index (χ3v) is 2.89. The Labute approximate surface area is 107 Å². The summed E-state index contributed by atoms with van der Waals surface area (Å²) in [5.41, 5.74) is 5.87. The van der Waals surface area contributed by atoms with Crippen molar-refractivity contribution in [3.05, 3.63) is 58.6 Å². The minimum absolute atomic E-state index is 0.132. The van der Waals surface area contributed by atoms with Gasteiger partial charge < -0.3 is 10.7 Å². The van der Waals surface area contributed by atoms with Crippen LogP contribution in [0.4, 0.5) is 10.2 Å². The lowest BCUT2D eigenvalue weighted by Crippen LogP contribution is -2.10. The van der Waals surface area contributed by atoms with Crippen LogP contribution in [0.2, 0.25) is 0 Å². The predicted molar refractivity (Wildman–Crippen MR) is 72.2 cm³/mol. The Balaban J connectivity index is 2.37. The smallest absolute Gasteiger partial charge is 0.253 e. The summed E-state index contributed by atoms with van der Waals surface area (Å²) in [5, 5.41) is 1.15. The molecular weight excluding hydrogens is 245 g/mol. The summed E-state index contributed by atoms with van der Waals surface area (Å²) in [6, 6.07) is 11.1. The van der Waals surface area contributed by atoms with E-state index < -0.39 is 0 Å². The normalized spacial score (nSPS) is 10.8. The number of aromatic nitrogens is 2. The molecule has 0 spiro atoms. The van der Waals surface area contributed by atoms with Gasteiger partial charge in [0.25, 0.3) is 5.56 Å². The lowest BCUT2D eigenvalue weighted by Gasteiger charge is -2.07. The van der Waals surface area contributed by atoms with E-state index in [1.54, 1.807) is 30.3 Å². The molecule has 0 unspecified atom stereocenters. The molecule has 0 saturated carbocycles. The molecule has 4 nitrogen and oxygen atoms in total. The number of hydrogen-bond acceptors (Lipinski definition) is 3. The van der Waals surface area contributed by atoms with Crippen LogP contribution in [0.1, 0.15) is 0 Å². The number of nitrogens with two attached hydrogens (primary N) is 1. The molecule has 0 radical (unpaired) electrons. The zero-order valence-electron chi connectivity index (χ0n) is 9.85. The Morgan fingerprint density at radius 1 is 1.11 bits per heavy atom. The molecule has 3 aromatic rings. The molecule has 19 heavy (non-hydrogen) atoms. The van der Waals surface area contributed by atoms with E-state index in [-0.39, 0.29) is 17.2 Å². The highest BCUT2D eigenvalue weighted by Crippen LogP contribution is 2.27. The van der Waals surface area contributed by atoms with E-state index in [0.717, 1.165) is 0 Å². The molecule has 0 atom stereocenters. The highest BCUT2D eigenvalue weighted by atomic mass is 19.1. The molecule has 2 aromatic carbocycles. The highest BCUT2D eigenvalue weighted by Gasteiger charge is 2.09. The average molecular weight is 255 g/mol. The van der Waals surface area contributed by atoms with Crippen LogP contribution in [-0.4, -0.2) is 9.97 Å².